The van der Waals surface area contributed by atoms with Gasteiger partial charge in [-0.05, 0) is 49.6 Å². The minimum absolute atomic E-state index is 0.225. The Morgan fingerprint density at radius 3 is 2.25 bits per heavy atom. The number of aryl methyl sites for hydroxylation is 1. The van der Waals surface area contributed by atoms with Crippen LogP contribution in [0.5, 0.6) is 0 Å². The molecule has 0 bridgehead atoms. The molecular weight excluding hydrogens is 376 g/mol. The van der Waals surface area contributed by atoms with E-state index in [0.717, 1.165) is 25.7 Å². The van der Waals surface area contributed by atoms with Crippen molar-refractivity contribution in [3.05, 3.63) is 59.2 Å². The Hall–Kier alpha value is -2.51. The van der Waals surface area contributed by atoms with Gasteiger partial charge in [0.1, 0.15) is 6.29 Å². The van der Waals surface area contributed by atoms with Crippen LogP contribution >= 0.6 is 0 Å². The van der Waals surface area contributed by atoms with Crippen molar-refractivity contribution in [2.24, 2.45) is 0 Å². The van der Waals surface area contributed by atoms with Gasteiger partial charge in [-0.15, -0.1) is 0 Å². The average Bonchev–Trinajstić information content (AvgIpc) is 2.99. The molecule has 1 saturated heterocycles. The number of hydrogen-bond acceptors (Lipinski definition) is 4. The smallest absolute Gasteiger partial charge is 0.255 e. The summed E-state index contributed by atoms with van der Waals surface area (Å²) in [5.41, 5.74) is 1.95. The SMILES string of the molecule is Cc1ccc(NC(=O)c2ccc(C=O)cc2)cc1S(=O)(=O)N1CCCCCC1. The summed E-state index contributed by atoms with van der Waals surface area (Å²) in [6.07, 6.45) is 4.53. The van der Waals surface area contributed by atoms with Crippen molar-refractivity contribution in [1.82, 2.24) is 4.31 Å². The highest BCUT2D eigenvalue weighted by Gasteiger charge is 2.27. The molecule has 1 aliphatic rings. The van der Waals surface area contributed by atoms with E-state index in [0.29, 0.717) is 41.8 Å². The minimum atomic E-state index is -3.60. The Kier molecular flexibility index (Phi) is 6.26. The van der Waals surface area contributed by atoms with Crippen LogP contribution in [0.3, 0.4) is 0 Å². The van der Waals surface area contributed by atoms with E-state index in [4.69, 9.17) is 0 Å². The number of anilines is 1. The first-order valence-electron chi connectivity index (χ1n) is 9.39. The van der Waals surface area contributed by atoms with Crippen LogP contribution in [0.25, 0.3) is 0 Å². The Morgan fingerprint density at radius 1 is 1.00 bits per heavy atom. The van der Waals surface area contributed by atoms with Crippen LogP contribution in [-0.4, -0.2) is 38.0 Å². The number of carbonyl (C=O) groups is 2. The second kappa shape index (κ2) is 8.67. The van der Waals surface area contributed by atoms with Gasteiger partial charge in [-0.25, -0.2) is 8.42 Å². The summed E-state index contributed by atoms with van der Waals surface area (Å²) in [5.74, 6) is -0.362. The second-order valence-electron chi connectivity index (χ2n) is 6.99. The van der Waals surface area contributed by atoms with E-state index < -0.39 is 10.0 Å². The molecule has 0 unspecified atom stereocenters. The molecule has 0 atom stereocenters. The van der Waals surface area contributed by atoms with Crippen molar-refractivity contribution in [2.45, 2.75) is 37.5 Å². The molecule has 1 aliphatic heterocycles. The number of hydrogen-bond donors (Lipinski definition) is 1. The molecule has 0 radical (unpaired) electrons. The van der Waals surface area contributed by atoms with Crippen molar-refractivity contribution in [2.75, 3.05) is 18.4 Å². The summed E-state index contributed by atoms with van der Waals surface area (Å²) in [6.45, 7) is 2.82. The second-order valence-corrected chi connectivity index (χ2v) is 8.90. The Labute approximate surface area is 165 Å². The Bertz CT molecular complexity index is 960. The van der Waals surface area contributed by atoms with Gasteiger partial charge in [-0.1, -0.05) is 31.0 Å². The fourth-order valence-electron chi connectivity index (χ4n) is 3.29. The molecule has 1 N–H and O–H groups in total. The third kappa shape index (κ3) is 4.48. The monoisotopic (exact) mass is 400 g/mol. The lowest BCUT2D eigenvalue weighted by Gasteiger charge is -2.21. The van der Waals surface area contributed by atoms with E-state index in [1.807, 2.05) is 0 Å². The average molecular weight is 401 g/mol. The number of carbonyl (C=O) groups excluding carboxylic acids is 2. The number of amides is 1. The van der Waals surface area contributed by atoms with Crippen LogP contribution in [0.1, 0.15) is 52.0 Å². The highest BCUT2D eigenvalue weighted by molar-refractivity contribution is 7.89. The van der Waals surface area contributed by atoms with E-state index in [2.05, 4.69) is 5.32 Å². The molecule has 7 heteroatoms. The summed E-state index contributed by atoms with van der Waals surface area (Å²) in [5, 5.41) is 2.74. The number of aldehydes is 1. The first-order chi connectivity index (χ1) is 13.4. The summed E-state index contributed by atoms with van der Waals surface area (Å²) >= 11 is 0. The van der Waals surface area contributed by atoms with Crippen molar-refractivity contribution >= 4 is 27.9 Å². The zero-order valence-corrected chi connectivity index (χ0v) is 16.7. The van der Waals surface area contributed by atoms with Crippen LogP contribution in [0, 0.1) is 6.92 Å². The lowest BCUT2D eigenvalue weighted by Crippen LogP contribution is -2.32. The maximum Gasteiger partial charge on any atom is 0.255 e. The molecule has 0 saturated carbocycles. The van der Waals surface area contributed by atoms with Gasteiger partial charge in [0.25, 0.3) is 5.91 Å². The van der Waals surface area contributed by atoms with Gasteiger partial charge in [0, 0.05) is 29.9 Å². The number of nitrogens with zero attached hydrogens (tertiary/aromatic N) is 1. The molecular formula is C21H24N2O4S. The Morgan fingerprint density at radius 2 is 1.64 bits per heavy atom. The van der Waals surface area contributed by atoms with E-state index >= 15 is 0 Å². The van der Waals surface area contributed by atoms with E-state index in [1.165, 1.54) is 6.07 Å². The van der Waals surface area contributed by atoms with E-state index in [9.17, 15) is 18.0 Å². The lowest BCUT2D eigenvalue weighted by molar-refractivity contribution is 0.102. The Balaban J connectivity index is 1.84. The van der Waals surface area contributed by atoms with Crippen LogP contribution in [0.15, 0.2) is 47.4 Å². The minimum Gasteiger partial charge on any atom is -0.322 e. The van der Waals surface area contributed by atoms with Crippen molar-refractivity contribution in [1.29, 1.82) is 0 Å². The summed E-state index contributed by atoms with van der Waals surface area (Å²) < 4.78 is 27.8. The standard InChI is InChI=1S/C21H24N2O4S/c1-16-6-11-19(22-21(25)18-9-7-17(15-24)8-10-18)14-20(16)28(26,27)23-12-4-2-3-5-13-23/h6-11,14-15H,2-5,12-13H2,1H3,(H,22,25). The summed E-state index contributed by atoms with van der Waals surface area (Å²) in [6, 6.07) is 11.2. The first-order valence-corrected chi connectivity index (χ1v) is 10.8. The fraction of sp³-hybridized carbons (Fsp3) is 0.333. The fourth-order valence-corrected chi connectivity index (χ4v) is 5.06. The largest absolute Gasteiger partial charge is 0.322 e. The van der Waals surface area contributed by atoms with Crippen molar-refractivity contribution in [3.8, 4) is 0 Å². The van der Waals surface area contributed by atoms with Crippen molar-refractivity contribution in [3.63, 3.8) is 0 Å². The van der Waals surface area contributed by atoms with Crippen LogP contribution in [0.4, 0.5) is 5.69 Å². The predicted molar refractivity (Wildman–Crippen MR) is 108 cm³/mol. The molecule has 3 rings (SSSR count). The molecule has 148 valence electrons. The van der Waals surface area contributed by atoms with Gasteiger partial charge >= 0.3 is 0 Å². The molecule has 0 aromatic heterocycles. The van der Waals surface area contributed by atoms with Crippen LogP contribution < -0.4 is 5.32 Å². The third-order valence-electron chi connectivity index (χ3n) is 4.94. The highest BCUT2D eigenvalue weighted by atomic mass is 32.2. The zero-order chi connectivity index (χ0) is 20.1. The number of benzene rings is 2. The van der Waals surface area contributed by atoms with Crippen molar-refractivity contribution < 1.29 is 18.0 Å². The molecule has 6 nitrogen and oxygen atoms in total. The van der Waals surface area contributed by atoms with Crippen LogP contribution in [-0.2, 0) is 10.0 Å². The maximum atomic E-state index is 13.1. The molecule has 2 aromatic carbocycles. The molecule has 0 aliphatic carbocycles. The number of sulfonamides is 1. The van der Waals surface area contributed by atoms with E-state index in [-0.39, 0.29) is 10.8 Å². The first kappa shape index (κ1) is 20.2. The van der Waals surface area contributed by atoms with E-state index in [1.54, 1.807) is 47.6 Å². The van der Waals surface area contributed by atoms with Crippen LogP contribution in [0.2, 0.25) is 0 Å². The van der Waals surface area contributed by atoms with Gasteiger partial charge in [-0.2, -0.15) is 4.31 Å². The molecule has 2 aromatic rings. The summed E-state index contributed by atoms with van der Waals surface area (Å²) in [4.78, 5) is 23.4. The zero-order valence-electron chi connectivity index (χ0n) is 15.8. The molecule has 0 spiro atoms. The molecule has 1 heterocycles. The van der Waals surface area contributed by atoms with Gasteiger partial charge in [0.2, 0.25) is 10.0 Å². The maximum absolute atomic E-state index is 13.1. The molecule has 1 amide bonds. The van der Waals surface area contributed by atoms with Gasteiger partial charge in [0.15, 0.2) is 0 Å². The van der Waals surface area contributed by atoms with Gasteiger partial charge in [-0.3, -0.25) is 9.59 Å². The number of nitrogens with one attached hydrogen (secondary N) is 1. The van der Waals surface area contributed by atoms with Gasteiger partial charge in [0.05, 0.1) is 4.90 Å². The third-order valence-corrected chi connectivity index (χ3v) is 6.98. The normalized spacial score (nSPS) is 15.6. The molecule has 1 fully saturated rings. The quantitative estimate of drug-likeness (QED) is 0.777. The van der Waals surface area contributed by atoms with Gasteiger partial charge < -0.3 is 5.32 Å². The summed E-state index contributed by atoms with van der Waals surface area (Å²) in [7, 11) is -3.60. The highest BCUT2D eigenvalue weighted by Crippen LogP contribution is 2.26. The lowest BCUT2D eigenvalue weighted by atomic mass is 10.1. The topological polar surface area (TPSA) is 83.5 Å². The number of rotatable bonds is 5. The predicted octanol–water partition coefficient (Wildman–Crippen LogP) is 3.62. The molecule has 28 heavy (non-hydrogen) atoms.